The van der Waals surface area contributed by atoms with Crippen LogP contribution in [0.1, 0.15) is 19.4 Å². The Morgan fingerprint density at radius 1 is 1.13 bits per heavy atom. The molecule has 1 fully saturated rings. The van der Waals surface area contributed by atoms with Crippen molar-refractivity contribution in [2.75, 3.05) is 23.3 Å². The van der Waals surface area contributed by atoms with Gasteiger partial charge in [0.1, 0.15) is 5.82 Å². The van der Waals surface area contributed by atoms with Crippen molar-refractivity contribution in [1.82, 2.24) is 25.3 Å². The Hall–Kier alpha value is -3.13. The monoisotopic (exact) mass is 407 g/mol. The Kier molecular flexibility index (Phi) is 4.39. The maximum atomic E-state index is 15.2. The van der Waals surface area contributed by atoms with Crippen LogP contribution in [0.25, 0.3) is 21.8 Å². The molecule has 0 radical (unpaired) electrons. The number of anilines is 3. The molecule has 3 N–H and O–H groups in total. The first-order valence-electron chi connectivity index (χ1n) is 10.3. The Balaban J connectivity index is 1.49. The second-order valence-corrected chi connectivity index (χ2v) is 8.45. The molecule has 5 rings (SSSR count). The lowest BCUT2D eigenvalue weighted by Crippen LogP contribution is -2.54. The third-order valence-corrected chi connectivity index (χ3v) is 5.70. The maximum Gasteiger partial charge on any atom is 0.163 e. The zero-order valence-electron chi connectivity index (χ0n) is 17.6. The fraction of sp³-hybridized carbons (Fsp3) is 0.364. The third-order valence-electron chi connectivity index (χ3n) is 5.70. The van der Waals surface area contributed by atoms with E-state index in [-0.39, 0.29) is 5.82 Å². The SMILES string of the molecule is Cc1cc(Nc2n[nH]c3cc(N4C[C@H](C)N[C@@H](C)C4)cc(F)c23)cc2cn(C)nc12. The predicted molar refractivity (Wildman–Crippen MR) is 119 cm³/mol. The molecule has 8 heteroatoms. The fourth-order valence-electron chi connectivity index (χ4n) is 4.54. The van der Waals surface area contributed by atoms with Crippen LogP contribution >= 0.6 is 0 Å². The molecule has 2 aromatic carbocycles. The number of aromatic amines is 1. The van der Waals surface area contributed by atoms with Gasteiger partial charge in [-0.05, 0) is 50.6 Å². The van der Waals surface area contributed by atoms with Gasteiger partial charge in [0.05, 0.1) is 16.4 Å². The summed E-state index contributed by atoms with van der Waals surface area (Å²) in [6.45, 7) is 8.01. The van der Waals surface area contributed by atoms with E-state index in [2.05, 4.69) is 44.7 Å². The summed E-state index contributed by atoms with van der Waals surface area (Å²) in [5.41, 5.74) is 4.44. The van der Waals surface area contributed by atoms with Gasteiger partial charge < -0.3 is 15.5 Å². The molecular formula is C22H26FN7. The molecule has 2 aromatic heterocycles. The molecule has 4 aromatic rings. The van der Waals surface area contributed by atoms with Crippen molar-refractivity contribution in [2.45, 2.75) is 32.9 Å². The summed E-state index contributed by atoms with van der Waals surface area (Å²) in [4.78, 5) is 2.22. The number of aryl methyl sites for hydroxylation is 2. The van der Waals surface area contributed by atoms with Crippen molar-refractivity contribution >= 4 is 39.0 Å². The molecule has 30 heavy (non-hydrogen) atoms. The van der Waals surface area contributed by atoms with Crippen LogP contribution in [0.15, 0.2) is 30.5 Å². The summed E-state index contributed by atoms with van der Waals surface area (Å²) in [5.74, 6) is 0.204. The highest BCUT2D eigenvalue weighted by molar-refractivity contribution is 5.95. The molecule has 156 valence electrons. The van der Waals surface area contributed by atoms with Gasteiger partial charge in [-0.25, -0.2) is 4.39 Å². The van der Waals surface area contributed by atoms with E-state index in [1.54, 1.807) is 10.7 Å². The van der Waals surface area contributed by atoms with Gasteiger partial charge in [-0.1, -0.05) is 0 Å². The van der Waals surface area contributed by atoms with Crippen LogP contribution < -0.4 is 15.5 Å². The number of aromatic nitrogens is 4. The summed E-state index contributed by atoms with van der Waals surface area (Å²) in [6, 6.07) is 8.33. The topological polar surface area (TPSA) is 73.8 Å². The molecule has 1 aliphatic heterocycles. The first-order valence-corrected chi connectivity index (χ1v) is 10.3. The van der Waals surface area contributed by atoms with E-state index in [0.29, 0.717) is 28.8 Å². The van der Waals surface area contributed by atoms with Crippen LogP contribution in [0.4, 0.5) is 21.6 Å². The number of rotatable bonds is 3. The number of hydrogen-bond donors (Lipinski definition) is 3. The molecule has 0 unspecified atom stereocenters. The summed E-state index contributed by atoms with van der Waals surface area (Å²) in [6.07, 6.45) is 1.97. The zero-order valence-corrected chi connectivity index (χ0v) is 17.6. The number of fused-ring (bicyclic) bond motifs is 2. The molecule has 2 atom stereocenters. The lowest BCUT2D eigenvalue weighted by atomic mass is 10.1. The van der Waals surface area contributed by atoms with Gasteiger partial charge in [0, 0.05) is 55.2 Å². The van der Waals surface area contributed by atoms with E-state index < -0.39 is 0 Å². The van der Waals surface area contributed by atoms with E-state index in [1.807, 2.05) is 38.4 Å². The second kappa shape index (κ2) is 6.98. The van der Waals surface area contributed by atoms with Gasteiger partial charge in [-0.15, -0.1) is 0 Å². The number of hydrogen-bond acceptors (Lipinski definition) is 5. The molecule has 1 aliphatic rings. The van der Waals surface area contributed by atoms with Crippen molar-refractivity contribution in [2.24, 2.45) is 7.05 Å². The second-order valence-electron chi connectivity index (χ2n) is 8.45. The van der Waals surface area contributed by atoms with E-state index in [1.165, 1.54) is 0 Å². The summed E-state index contributed by atoms with van der Waals surface area (Å²) in [7, 11) is 1.90. The van der Waals surface area contributed by atoms with Gasteiger partial charge in [-0.2, -0.15) is 10.2 Å². The highest BCUT2D eigenvalue weighted by atomic mass is 19.1. The fourth-order valence-corrected chi connectivity index (χ4v) is 4.54. The number of piperazine rings is 1. The highest BCUT2D eigenvalue weighted by Gasteiger charge is 2.23. The number of nitrogens with one attached hydrogen (secondary N) is 3. The van der Waals surface area contributed by atoms with Crippen molar-refractivity contribution in [3.8, 4) is 0 Å². The predicted octanol–water partition coefficient (Wildman–Crippen LogP) is 3.83. The van der Waals surface area contributed by atoms with Crippen LogP contribution in [0, 0.1) is 12.7 Å². The minimum atomic E-state index is -0.281. The van der Waals surface area contributed by atoms with Crippen LogP contribution in [-0.4, -0.2) is 45.2 Å². The molecule has 0 saturated carbocycles. The Labute approximate surface area is 174 Å². The van der Waals surface area contributed by atoms with E-state index in [4.69, 9.17) is 0 Å². The molecule has 0 amide bonds. The average molecular weight is 407 g/mol. The largest absolute Gasteiger partial charge is 0.368 e. The molecule has 3 heterocycles. The third kappa shape index (κ3) is 3.27. The summed E-state index contributed by atoms with van der Waals surface area (Å²) >= 11 is 0. The van der Waals surface area contributed by atoms with Crippen LogP contribution in [-0.2, 0) is 7.05 Å². The molecular weight excluding hydrogens is 381 g/mol. The Morgan fingerprint density at radius 2 is 1.90 bits per heavy atom. The Morgan fingerprint density at radius 3 is 2.67 bits per heavy atom. The smallest absolute Gasteiger partial charge is 0.163 e. The molecule has 0 bridgehead atoms. The van der Waals surface area contributed by atoms with Crippen molar-refractivity contribution in [1.29, 1.82) is 0 Å². The number of halogens is 1. The Bertz CT molecular complexity index is 1230. The van der Waals surface area contributed by atoms with Crippen molar-refractivity contribution in [3.63, 3.8) is 0 Å². The van der Waals surface area contributed by atoms with Crippen LogP contribution in [0.5, 0.6) is 0 Å². The molecule has 0 spiro atoms. The minimum Gasteiger partial charge on any atom is -0.368 e. The number of H-pyrrole nitrogens is 1. The first kappa shape index (κ1) is 18.9. The van der Waals surface area contributed by atoms with Crippen molar-refractivity contribution < 1.29 is 4.39 Å². The maximum absolute atomic E-state index is 15.2. The van der Waals surface area contributed by atoms with E-state index in [0.717, 1.165) is 40.9 Å². The quantitative estimate of drug-likeness (QED) is 0.481. The van der Waals surface area contributed by atoms with Crippen LogP contribution in [0.3, 0.4) is 0 Å². The standard InChI is InChI=1S/C22H26FN7/c1-12-5-16(6-15-11-29(4)28-21(12)15)25-22-20-18(23)7-17(8-19(20)26-27-22)30-9-13(2)24-14(3)10-30/h5-8,11,13-14,24H,9-10H2,1-4H3,(H2,25,26,27)/t13-,14-/m0/s1. The van der Waals surface area contributed by atoms with Gasteiger partial charge >= 0.3 is 0 Å². The van der Waals surface area contributed by atoms with Crippen molar-refractivity contribution in [3.05, 3.63) is 41.8 Å². The van der Waals surface area contributed by atoms with Gasteiger partial charge in [-0.3, -0.25) is 9.78 Å². The highest BCUT2D eigenvalue weighted by Crippen LogP contribution is 2.32. The summed E-state index contributed by atoms with van der Waals surface area (Å²) in [5, 5.41) is 20.1. The molecule has 0 aliphatic carbocycles. The lowest BCUT2D eigenvalue weighted by molar-refractivity contribution is 0.407. The van der Waals surface area contributed by atoms with Gasteiger partial charge in [0.2, 0.25) is 0 Å². The minimum absolute atomic E-state index is 0.281. The lowest BCUT2D eigenvalue weighted by Gasteiger charge is -2.37. The summed E-state index contributed by atoms with van der Waals surface area (Å²) < 4.78 is 17.0. The molecule has 1 saturated heterocycles. The first-order chi connectivity index (χ1) is 14.4. The number of nitrogens with zero attached hydrogens (tertiary/aromatic N) is 4. The van der Waals surface area contributed by atoms with E-state index >= 15 is 4.39 Å². The van der Waals surface area contributed by atoms with Gasteiger partial charge in [0.15, 0.2) is 5.82 Å². The molecule has 7 nitrogen and oxygen atoms in total. The number of benzene rings is 2. The average Bonchev–Trinajstić information content (AvgIpc) is 3.24. The zero-order chi connectivity index (χ0) is 21.0. The van der Waals surface area contributed by atoms with Gasteiger partial charge in [0.25, 0.3) is 0 Å². The normalized spacial score (nSPS) is 19.7. The van der Waals surface area contributed by atoms with E-state index in [9.17, 15) is 0 Å². The van der Waals surface area contributed by atoms with Crippen LogP contribution in [0.2, 0.25) is 0 Å².